The van der Waals surface area contributed by atoms with Crippen LogP contribution in [0.2, 0.25) is 0 Å². The van der Waals surface area contributed by atoms with Crippen molar-refractivity contribution in [3.63, 3.8) is 0 Å². The molecular formula is C35H35NO4. The normalized spacial score (nSPS) is 30.2. The quantitative estimate of drug-likeness (QED) is 0.277. The van der Waals surface area contributed by atoms with Gasteiger partial charge < -0.3 is 4.74 Å². The third-order valence-electron chi connectivity index (χ3n) is 10.0. The van der Waals surface area contributed by atoms with Gasteiger partial charge in [0.15, 0.2) is 0 Å². The molecule has 204 valence electrons. The van der Waals surface area contributed by atoms with E-state index < -0.39 is 11.8 Å². The Balaban J connectivity index is 1.16. The first-order valence-corrected chi connectivity index (χ1v) is 14.7. The zero-order valence-corrected chi connectivity index (χ0v) is 23.2. The lowest BCUT2D eigenvalue weighted by atomic mass is 9.55. The van der Waals surface area contributed by atoms with E-state index in [2.05, 4.69) is 45.0 Å². The summed E-state index contributed by atoms with van der Waals surface area (Å²) in [5.74, 6) is -0.398. The van der Waals surface area contributed by atoms with Gasteiger partial charge in [-0.25, -0.2) is 9.69 Å². The molecule has 0 N–H and O–H groups in total. The van der Waals surface area contributed by atoms with Crippen molar-refractivity contribution in [1.29, 1.82) is 0 Å². The fourth-order valence-electron chi connectivity index (χ4n) is 8.13. The maximum atomic E-state index is 14.0. The zero-order chi connectivity index (χ0) is 27.7. The zero-order valence-electron chi connectivity index (χ0n) is 23.2. The van der Waals surface area contributed by atoms with E-state index in [9.17, 15) is 14.4 Å². The van der Waals surface area contributed by atoms with Gasteiger partial charge in [-0.05, 0) is 77.1 Å². The monoisotopic (exact) mass is 533 g/mol. The van der Waals surface area contributed by atoms with Gasteiger partial charge in [0.1, 0.15) is 6.10 Å². The number of hydrogen-bond acceptors (Lipinski definition) is 4. The van der Waals surface area contributed by atoms with Crippen molar-refractivity contribution in [3.05, 3.63) is 101 Å². The van der Waals surface area contributed by atoms with Gasteiger partial charge in [-0.1, -0.05) is 75.7 Å². The smallest absolute Gasteiger partial charge is 0.338 e. The van der Waals surface area contributed by atoms with Crippen LogP contribution in [0.3, 0.4) is 0 Å². The highest BCUT2D eigenvalue weighted by atomic mass is 16.5. The maximum absolute atomic E-state index is 14.0. The fourth-order valence-corrected chi connectivity index (χ4v) is 8.13. The summed E-state index contributed by atoms with van der Waals surface area (Å²) in [5.41, 5.74) is 5.59. The van der Waals surface area contributed by atoms with Crippen molar-refractivity contribution in [2.45, 2.75) is 58.0 Å². The molecule has 2 fully saturated rings. The third kappa shape index (κ3) is 3.70. The number of imide groups is 1. The summed E-state index contributed by atoms with van der Waals surface area (Å²) in [6, 6.07) is 23.3. The van der Waals surface area contributed by atoms with Crippen molar-refractivity contribution in [2.24, 2.45) is 29.6 Å². The molecule has 1 aliphatic heterocycles. The highest BCUT2D eigenvalue weighted by Gasteiger charge is 2.61. The molecular weight excluding hydrogens is 498 g/mol. The predicted molar refractivity (Wildman–Crippen MR) is 153 cm³/mol. The third-order valence-corrected chi connectivity index (χ3v) is 10.0. The first-order chi connectivity index (χ1) is 19.3. The number of hydrogen-bond donors (Lipinski definition) is 0. The first-order valence-electron chi connectivity index (χ1n) is 14.7. The van der Waals surface area contributed by atoms with E-state index in [0.29, 0.717) is 29.0 Å². The van der Waals surface area contributed by atoms with Gasteiger partial charge in [0.25, 0.3) is 0 Å². The molecule has 0 radical (unpaired) electrons. The second-order valence-electron chi connectivity index (χ2n) is 12.6. The lowest BCUT2D eigenvalue weighted by Crippen LogP contribution is -2.41. The summed E-state index contributed by atoms with van der Waals surface area (Å²) < 4.78 is 6.03. The number of carbonyl (C=O) groups is 3. The molecule has 0 aromatic heterocycles. The van der Waals surface area contributed by atoms with Gasteiger partial charge >= 0.3 is 5.97 Å². The molecule has 3 aromatic rings. The summed E-state index contributed by atoms with van der Waals surface area (Å²) in [7, 11) is 0. The minimum atomic E-state index is -0.423. The summed E-state index contributed by atoms with van der Waals surface area (Å²) in [6.45, 7) is 6.61. The Kier molecular flexibility index (Phi) is 5.95. The number of amides is 2. The van der Waals surface area contributed by atoms with Crippen LogP contribution in [-0.4, -0.2) is 23.9 Å². The highest BCUT2D eigenvalue weighted by molar-refractivity contribution is 6.23. The Labute approximate surface area is 235 Å². The average molecular weight is 534 g/mol. The standard InChI is InChI=1S/C35H35NO4/c1-19(2)23-17-12-20(3)18-28(23)40-35(39)21-13-15-22(16-14-21)36-33(37)31-29-24-8-4-5-9-25(24)30(32(31)34(36)38)27-11-7-6-10-26(27)29/h4-11,13-16,19-20,23,28-32H,12,17-18H2,1-3H3/t20-,23+,28-,29?,30?,31-,32+/m0/s1. The van der Waals surface area contributed by atoms with Gasteiger partial charge in [0.05, 0.1) is 23.1 Å². The number of rotatable bonds is 4. The predicted octanol–water partition coefficient (Wildman–Crippen LogP) is 6.70. The van der Waals surface area contributed by atoms with Gasteiger partial charge in [-0.2, -0.15) is 0 Å². The lowest BCUT2D eigenvalue weighted by molar-refractivity contribution is -0.122. The second-order valence-corrected chi connectivity index (χ2v) is 12.6. The molecule has 8 rings (SSSR count). The topological polar surface area (TPSA) is 63.7 Å². The number of benzene rings is 3. The summed E-state index contributed by atoms with van der Waals surface area (Å²) in [6.07, 6.45) is 3.05. The van der Waals surface area contributed by atoms with Crippen LogP contribution in [0.1, 0.15) is 84.5 Å². The largest absolute Gasteiger partial charge is 0.458 e. The van der Waals surface area contributed by atoms with Crippen molar-refractivity contribution < 1.29 is 19.1 Å². The van der Waals surface area contributed by atoms with E-state index in [1.807, 2.05) is 24.3 Å². The van der Waals surface area contributed by atoms with Gasteiger partial charge in [-0.3, -0.25) is 9.59 Å². The summed E-state index contributed by atoms with van der Waals surface area (Å²) in [4.78, 5) is 42.5. The number of anilines is 1. The van der Waals surface area contributed by atoms with Gasteiger partial charge in [-0.15, -0.1) is 0 Å². The van der Waals surface area contributed by atoms with E-state index in [-0.39, 0.29) is 35.7 Å². The van der Waals surface area contributed by atoms with Crippen LogP contribution in [0.4, 0.5) is 5.69 Å². The number of esters is 1. The SMILES string of the molecule is CC(C)[C@H]1CC[C@H](C)C[C@@H]1OC(=O)c1ccc(N2C(=O)[C@@H]3C4c5ccccc5C(c5ccccc54)[C@@H]3C2=O)cc1. The van der Waals surface area contributed by atoms with Crippen LogP contribution in [0, 0.1) is 29.6 Å². The lowest BCUT2D eigenvalue weighted by Gasteiger charge is -2.45. The number of ether oxygens (including phenoxy) is 1. The van der Waals surface area contributed by atoms with Crippen molar-refractivity contribution in [2.75, 3.05) is 4.90 Å². The Bertz CT molecular complexity index is 1390. The fraction of sp³-hybridized carbons (Fsp3) is 0.400. The molecule has 1 saturated heterocycles. The van der Waals surface area contributed by atoms with Crippen LogP contribution in [0.25, 0.3) is 0 Å². The van der Waals surface area contributed by atoms with Gasteiger partial charge in [0, 0.05) is 11.8 Å². The second kappa shape index (κ2) is 9.43. The molecule has 2 bridgehead atoms. The Morgan fingerprint density at radius 3 is 1.75 bits per heavy atom. The van der Waals surface area contributed by atoms with Crippen LogP contribution < -0.4 is 4.90 Å². The molecule has 1 saturated carbocycles. The van der Waals surface area contributed by atoms with Crippen LogP contribution in [-0.2, 0) is 14.3 Å². The van der Waals surface area contributed by atoms with E-state index in [1.54, 1.807) is 24.3 Å². The minimum Gasteiger partial charge on any atom is -0.458 e. The summed E-state index contributed by atoms with van der Waals surface area (Å²) >= 11 is 0. The molecule has 0 unspecified atom stereocenters. The molecule has 5 atom stereocenters. The van der Waals surface area contributed by atoms with Crippen molar-refractivity contribution >= 4 is 23.5 Å². The summed E-state index contributed by atoms with van der Waals surface area (Å²) in [5, 5.41) is 0. The number of nitrogens with zero attached hydrogens (tertiary/aromatic N) is 1. The molecule has 3 aromatic carbocycles. The molecule has 40 heavy (non-hydrogen) atoms. The molecule has 5 nitrogen and oxygen atoms in total. The molecule has 5 heteroatoms. The average Bonchev–Trinajstić information content (AvgIpc) is 3.23. The van der Waals surface area contributed by atoms with Crippen LogP contribution in [0.15, 0.2) is 72.8 Å². The Hall–Kier alpha value is -3.73. The molecule has 1 heterocycles. The Morgan fingerprint density at radius 2 is 1.27 bits per heavy atom. The number of carbonyl (C=O) groups excluding carboxylic acids is 3. The maximum Gasteiger partial charge on any atom is 0.338 e. The van der Waals surface area contributed by atoms with E-state index in [0.717, 1.165) is 35.1 Å². The van der Waals surface area contributed by atoms with Crippen molar-refractivity contribution in [1.82, 2.24) is 0 Å². The first kappa shape index (κ1) is 25.3. The van der Waals surface area contributed by atoms with Gasteiger partial charge in [0.2, 0.25) is 11.8 Å². The Morgan fingerprint density at radius 1 is 0.775 bits per heavy atom. The molecule has 2 amide bonds. The van der Waals surface area contributed by atoms with Crippen LogP contribution in [0.5, 0.6) is 0 Å². The van der Waals surface area contributed by atoms with E-state index in [1.165, 1.54) is 11.3 Å². The van der Waals surface area contributed by atoms with E-state index >= 15 is 0 Å². The minimum absolute atomic E-state index is 0.0838. The highest BCUT2D eigenvalue weighted by Crippen LogP contribution is 2.61. The molecule has 5 aliphatic rings. The molecule has 0 spiro atoms. The van der Waals surface area contributed by atoms with Crippen LogP contribution >= 0.6 is 0 Å². The van der Waals surface area contributed by atoms with Crippen molar-refractivity contribution in [3.8, 4) is 0 Å². The van der Waals surface area contributed by atoms with E-state index in [4.69, 9.17) is 4.74 Å². The molecule has 4 aliphatic carbocycles.